The standard InChI is InChI=1S/C14H25N3O2S/c1-3-14(6-4-5-7-14)11-16-20(18,19)13-8-12(9-15)17(2)10-13/h8,10,16H,3-7,9,11,15H2,1-2H3. The molecule has 5 nitrogen and oxygen atoms in total. The predicted octanol–water partition coefficient (Wildman–Crippen LogP) is 1.73. The summed E-state index contributed by atoms with van der Waals surface area (Å²) in [6.07, 6.45) is 7.30. The summed E-state index contributed by atoms with van der Waals surface area (Å²) in [6.45, 7) is 3.03. The number of sulfonamides is 1. The lowest BCUT2D eigenvalue weighted by molar-refractivity contribution is 0.285. The van der Waals surface area contributed by atoms with E-state index in [1.54, 1.807) is 16.8 Å². The van der Waals surface area contributed by atoms with Crippen molar-refractivity contribution in [3.63, 3.8) is 0 Å². The molecule has 1 aliphatic rings. The molecule has 0 atom stereocenters. The molecule has 1 aromatic heterocycles. The molecule has 1 saturated carbocycles. The van der Waals surface area contributed by atoms with Gasteiger partial charge < -0.3 is 10.3 Å². The van der Waals surface area contributed by atoms with E-state index in [0.717, 1.165) is 25.0 Å². The van der Waals surface area contributed by atoms with Gasteiger partial charge in [0.05, 0.1) is 4.90 Å². The molecule has 1 aromatic rings. The molecular formula is C14H25N3O2S. The molecule has 1 heterocycles. The van der Waals surface area contributed by atoms with Gasteiger partial charge in [0.15, 0.2) is 0 Å². The first kappa shape index (κ1) is 15.5. The minimum atomic E-state index is -3.43. The summed E-state index contributed by atoms with van der Waals surface area (Å²) in [6, 6.07) is 1.65. The molecule has 3 N–H and O–H groups in total. The highest BCUT2D eigenvalue weighted by Gasteiger charge is 2.33. The van der Waals surface area contributed by atoms with Gasteiger partial charge in [0.2, 0.25) is 10.0 Å². The van der Waals surface area contributed by atoms with Crippen molar-refractivity contribution in [1.29, 1.82) is 0 Å². The third-order valence-corrected chi connectivity index (χ3v) is 6.02. The summed E-state index contributed by atoms with van der Waals surface area (Å²) in [5.41, 5.74) is 6.55. The van der Waals surface area contributed by atoms with Crippen LogP contribution in [0.25, 0.3) is 0 Å². The first-order valence-corrected chi connectivity index (χ1v) is 8.76. The van der Waals surface area contributed by atoms with Crippen LogP contribution in [0.3, 0.4) is 0 Å². The molecule has 0 aromatic carbocycles. The summed E-state index contributed by atoms with van der Waals surface area (Å²) in [4.78, 5) is 0.310. The Hall–Kier alpha value is -0.850. The number of aryl methyl sites for hydroxylation is 1. The maximum atomic E-state index is 12.4. The van der Waals surface area contributed by atoms with E-state index in [4.69, 9.17) is 5.73 Å². The van der Waals surface area contributed by atoms with Crippen LogP contribution in [0.5, 0.6) is 0 Å². The molecule has 0 unspecified atom stereocenters. The molecule has 2 rings (SSSR count). The van der Waals surface area contributed by atoms with E-state index in [1.807, 2.05) is 7.05 Å². The fourth-order valence-electron chi connectivity index (χ4n) is 3.04. The van der Waals surface area contributed by atoms with Crippen molar-refractivity contribution in [2.24, 2.45) is 18.2 Å². The van der Waals surface area contributed by atoms with Crippen molar-refractivity contribution in [2.75, 3.05) is 6.54 Å². The number of rotatable bonds is 6. The van der Waals surface area contributed by atoms with Crippen molar-refractivity contribution in [3.05, 3.63) is 18.0 Å². The maximum Gasteiger partial charge on any atom is 0.242 e. The molecule has 114 valence electrons. The van der Waals surface area contributed by atoms with Gasteiger partial charge in [-0.1, -0.05) is 19.8 Å². The van der Waals surface area contributed by atoms with E-state index in [9.17, 15) is 8.42 Å². The quantitative estimate of drug-likeness (QED) is 0.840. The summed E-state index contributed by atoms with van der Waals surface area (Å²) in [7, 11) is -1.62. The van der Waals surface area contributed by atoms with Crippen LogP contribution in [0, 0.1) is 5.41 Å². The topological polar surface area (TPSA) is 77.1 Å². The highest BCUT2D eigenvalue weighted by Crippen LogP contribution is 2.40. The Labute approximate surface area is 121 Å². The molecule has 20 heavy (non-hydrogen) atoms. The number of hydrogen-bond donors (Lipinski definition) is 2. The lowest BCUT2D eigenvalue weighted by Gasteiger charge is -2.27. The van der Waals surface area contributed by atoms with Gasteiger partial charge in [0.1, 0.15) is 0 Å². The zero-order valence-corrected chi connectivity index (χ0v) is 13.2. The second kappa shape index (κ2) is 5.87. The smallest absolute Gasteiger partial charge is 0.242 e. The van der Waals surface area contributed by atoms with Crippen molar-refractivity contribution in [3.8, 4) is 0 Å². The van der Waals surface area contributed by atoms with Crippen LogP contribution in [0.15, 0.2) is 17.2 Å². The Kier molecular flexibility index (Phi) is 4.56. The second-order valence-electron chi connectivity index (χ2n) is 5.87. The fourth-order valence-corrected chi connectivity index (χ4v) is 4.29. The van der Waals surface area contributed by atoms with Gasteiger partial charge in [-0.15, -0.1) is 0 Å². The van der Waals surface area contributed by atoms with Crippen LogP contribution < -0.4 is 10.5 Å². The first-order chi connectivity index (χ1) is 9.42. The van der Waals surface area contributed by atoms with E-state index in [-0.39, 0.29) is 5.41 Å². The molecule has 0 amide bonds. The summed E-state index contributed by atoms with van der Waals surface area (Å²) in [5, 5.41) is 0. The average molecular weight is 299 g/mol. The summed E-state index contributed by atoms with van der Waals surface area (Å²) < 4.78 is 29.3. The van der Waals surface area contributed by atoms with Crippen molar-refractivity contribution in [2.45, 2.75) is 50.5 Å². The first-order valence-electron chi connectivity index (χ1n) is 7.27. The number of nitrogens with zero attached hydrogens (tertiary/aromatic N) is 1. The second-order valence-corrected chi connectivity index (χ2v) is 7.63. The van der Waals surface area contributed by atoms with Crippen molar-refractivity contribution in [1.82, 2.24) is 9.29 Å². The van der Waals surface area contributed by atoms with Crippen molar-refractivity contribution >= 4 is 10.0 Å². The summed E-state index contributed by atoms with van der Waals surface area (Å²) in [5.74, 6) is 0. The molecular weight excluding hydrogens is 274 g/mol. The molecule has 6 heteroatoms. The van der Waals surface area contributed by atoms with Crippen LogP contribution in [-0.4, -0.2) is 19.5 Å². The molecule has 1 aliphatic carbocycles. The van der Waals surface area contributed by atoms with E-state index in [2.05, 4.69) is 11.6 Å². The monoisotopic (exact) mass is 299 g/mol. The third kappa shape index (κ3) is 3.07. The Morgan fingerprint density at radius 3 is 2.55 bits per heavy atom. The van der Waals surface area contributed by atoms with Crippen LogP contribution in [0.1, 0.15) is 44.7 Å². The number of hydrogen-bond acceptors (Lipinski definition) is 3. The van der Waals surface area contributed by atoms with E-state index < -0.39 is 10.0 Å². The molecule has 0 bridgehead atoms. The van der Waals surface area contributed by atoms with Crippen molar-refractivity contribution < 1.29 is 8.42 Å². The zero-order valence-electron chi connectivity index (χ0n) is 12.4. The number of nitrogens with one attached hydrogen (secondary N) is 1. The van der Waals surface area contributed by atoms with Gasteiger partial charge in [-0.3, -0.25) is 0 Å². The van der Waals surface area contributed by atoms with E-state index in [1.165, 1.54) is 12.8 Å². The SMILES string of the molecule is CCC1(CNS(=O)(=O)c2cc(CN)n(C)c2)CCCC1. The van der Waals surface area contributed by atoms with Crippen LogP contribution >= 0.6 is 0 Å². The number of nitrogens with two attached hydrogens (primary N) is 1. The summed E-state index contributed by atoms with van der Waals surface area (Å²) >= 11 is 0. The Bertz CT molecular complexity index is 557. The minimum absolute atomic E-state index is 0.151. The molecule has 0 spiro atoms. The highest BCUT2D eigenvalue weighted by molar-refractivity contribution is 7.89. The highest BCUT2D eigenvalue weighted by atomic mass is 32.2. The Morgan fingerprint density at radius 2 is 2.05 bits per heavy atom. The van der Waals surface area contributed by atoms with E-state index in [0.29, 0.717) is 18.0 Å². The van der Waals surface area contributed by atoms with Gasteiger partial charge in [-0.25, -0.2) is 13.1 Å². The maximum absolute atomic E-state index is 12.4. The molecule has 0 saturated heterocycles. The van der Waals surface area contributed by atoms with Gasteiger partial charge in [-0.2, -0.15) is 0 Å². The average Bonchev–Trinajstić information content (AvgIpc) is 3.04. The van der Waals surface area contributed by atoms with Crippen LogP contribution in [0.4, 0.5) is 0 Å². The molecule has 1 fully saturated rings. The zero-order chi connectivity index (χ0) is 14.8. The van der Waals surface area contributed by atoms with E-state index >= 15 is 0 Å². The Balaban J connectivity index is 2.10. The predicted molar refractivity (Wildman–Crippen MR) is 79.7 cm³/mol. The molecule has 0 radical (unpaired) electrons. The number of aromatic nitrogens is 1. The fraction of sp³-hybridized carbons (Fsp3) is 0.714. The van der Waals surface area contributed by atoms with Gasteiger partial charge in [0.25, 0.3) is 0 Å². The minimum Gasteiger partial charge on any atom is -0.352 e. The van der Waals surface area contributed by atoms with Gasteiger partial charge in [-0.05, 0) is 30.7 Å². The lowest BCUT2D eigenvalue weighted by atomic mass is 9.84. The third-order valence-electron chi connectivity index (χ3n) is 4.65. The lowest BCUT2D eigenvalue weighted by Crippen LogP contribution is -2.35. The van der Waals surface area contributed by atoms with Crippen LogP contribution in [-0.2, 0) is 23.6 Å². The van der Waals surface area contributed by atoms with Crippen LogP contribution in [0.2, 0.25) is 0 Å². The normalized spacial score (nSPS) is 18.6. The Morgan fingerprint density at radius 1 is 1.40 bits per heavy atom. The largest absolute Gasteiger partial charge is 0.352 e. The molecule has 0 aliphatic heterocycles. The van der Waals surface area contributed by atoms with Gasteiger partial charge in [0, 0.05) is 32.0 Å². The van der Waals surface area contributed by atoms with Gasteiger partial charge >= 0.3 is 0 Å².